The van der Waals surface area contributed by atoms with Gasteiger partial charge in [0.25, 0.3) is 0 Å². The molecule has 0 fully saturated rings. The van der Waals surface area contributed by atoms with E-state index in [4.69, 9.17) is 10.2 Å². The maximum Gasteiger partial charge on any atom is 0.0953 e. The summed E-state index contributed by atoms with van der Waals surface area (Å²) in [5.74, 6) is 0. The van der Waals surface area contributed by atoms with Gasteiger partial charge in [-0.15, -0.1) is 0 Å². The molecular formula is C12H11N3O. The van der Waals surface area contributed by atoms with Crippen molar-refractivity contribution in [1.82, 2.24) is 9.61 Å². The topological polar surface area (TPSA) is 56.5 Å². The highest BCUT2D eigenvalue weighted by Crippen LogP contribution is 2.23. The molecule has 0 amide bonds. The van der Waals surface area contributed by atoms with E-state index in [1.807, 2.05) is 35.0 Å². The molecule has 0 aliphatic heterocycles. The molecule has 0 radical (unpaired) electrons. The van der Waals surface area contributed by atoms with Crippen molar-refractivity contribution in [3.63, 3.8) is 0 Å². The number of hydrogen-bond acceptors (Lipinski definition) is 3. The summed E-state index contributed by atoms with van der Waals surface area (Å²) in [6.07, 6.45) is 6.99. The van der Waals surface area contributed by atoms with E-state index in [0.29, 0.717) is 0 Å². The average Bonchev–Trinajstić information content (AvgIpc) is 2.98. The molecule has 0 saturated carbocycles. The Bertz CT molecular complexity index is 598. The second-order valence-corrected chi connectivity index (χ2v) is 3.66. The number of fused-ring (bicyclic) bond motifs is 1. The smallest absolute Gasteiger partial charge is 0.0953 e. The molecule has 80 valence electrons. The molecule has 1 atom stereocenters. The van der Waals surface area contributed by atoms with E-state index >= 15 is 0 Å². The summed E-state index contributed by atoms with van der Waals surface area (Å²) >= 11 is 0. The molecular weight excluding hydrogens is 202 g/mol. The molecule has 4 heteroatoms. The van der Waals surface area contributed by atoms with Crippen molar-refractivity contribution < 1.29 is 4.42 Å². The Balaban J connectivity index is 2.12. The zero-order valence-corrected chi connectivity index (χ0v) is 8.58. The predicted octanol–water partition coefficient (Wildman–Crippen LogP) is 1.98. The van der Waals surface area contributed by atoms with Gasteiger partial charge in [0.1, 0.15) is 0 Å². The Kier molecular flexibility index (Phi) is 2.01. The lowest BCUT2D eigenvalue weighted by Crippen LogP contribution is -2.10. The van der Waals surface area contributed by atoms with Crippen molar-refractivity contribution in [2.45, 2.75) is 6.04 Å². The van der Waals surface area contributed by atoms with Crippen LogP contribution in [-0.2, 0) is 0 Å². The molecule has 0 saturated heterocycles. The van der Waals surface area contributed by atoms with Gasteiger partial charge in [0.05, 0.1) is 30.3 Å². The monoisotopic (exact) mass is 213 g/mol. The summed E-state index contributed by atoms with van der Waals surface area (Å²) in [4.78, 5) is 0. The van der Waals surface area contributed by atoms with Crippen LogP contribution in [0, 0.1) is 0 Å². The second-order valence-electron chi connectivity index (χ2n) is 3.66. The lowest BCUT2D eigenvalue weighted by atomic mass is 10.0. The lowest BCUT2D eigenvalue weighted by molar-refractivity contribution is 0.562. The van der Waals surface area contributed by atoms with Gasteiger partial charge >= 0.3 is 0 Å². The first-order chi connectivity index (χ1) is 7.86. The van der Waals surface area contributed by atoms with Crippen molar-refractivity contribution in [3.05, 3.63) is 60.3 Å². The number of furan rings is 1. The minimum absolute atomic E-state index is 0.196. The van der Waals surface area contributed by atoms with Gasteiger partial charge in [0, 0.05) is 17.3 Å². The molecule has 16 heavy (non-hydrogen) atoms. The SMILES string of the molecule is NC(c1ccoc1)c1cnn2ccccc12. The average molecular weight is 213 g/mol. The van der Waals surface area contributed by atoms with Crippen molar-refractivity contribution in [1.29, 1.82) is 0 Å². The van der Waals surface area contributed by atoms with E-state index in [1.165, 1.54) is 0 Å². The molecule has 3 rings (SSSR count). The van der Waals surface area contributed by atoms with E-state index in [1.54, 1.807) is 18.7 Å². The first kappa shape index (κ1) is 9.18. The van der Waals surface area contributed by atoms with Gasteiger partial charge < -0.3 is 10.2 Å². The van der Waals surface area contributed by atoms with Crippen LogP contribution < -0.4 is 5.73 Å². The third-order valence-electron chi connectivity index (χ3n) is 2.69. The lowest BCUT2D eigenvalue weighted by Gasteiger charge is -2.06. The highest BCUT2D eigenvalue weighted by molar-refractivity contribution is 5.56. The van der Waals surface area contributed by atoms with Crippen LogP contribution in [0.2, 0.25) is 0 Å². The number of pyridine rings is 1. The van der Waals surface area contributed by atoms with E-state index in [0.717, 1.165) is 16.6 Å². The number of nitrogens with zero attached hydrogens (tertiary/aromatic N) is 2. The van der Waals surface area contributed by atoms with Gasteiger partial charge in [-0.1, -0.05) is 6.07 Å². The first-order valence-electron chi connectivity index (χ1n) is 5.06. The van der Waals surface area contributed by atoms with Crippen LogP contribution in [0.1, 0.15) is 17.2 Å². The van der Waals surface area contributed by atoms with Gasteiger partial charge in [0.15, 0.2) is 0 Å². The fourth-order valence-corrected chi connectivity index (χ4v) is 1.83. The number of hydrogen-bond donors (Lipinski definition) is 1. The minimum atomic E-state index is -0.196. The zero-order valence-electron chi connectivity index (χ0n) is 8.58. The molecule has 3 aromatic heterocycles. The molecule has 4 nitrogen and oxygen atoms in total. The fraction of sp³-hybridized carbons (Fsp3) is 0.0833. The van der Waals surface area contributed by atoms with E-state index in [-0.39, 0.29) is 6.04 Å². The summed E-state index contributed by atoms with van der Waals surface area (Å²) < 4.78 is 6.85. The second kappa shape index (κ2) is 3.50. The first-order valence-corrected chi connectivity index (χ1v) is 5.06. The van der Waals surface area contributed by atoms with Gasteiger partial charge in [-0.2, -0.15) is 5.10 Å². The van der Waals surface area contributed by atoms with Gasteiger partial charge in [-0.25, -0.2) is 4.52 Å². The Hall–Kier alpha value is -2.07. The maximum absolute atomic E-state index is 6.16. The van der Waals surface area contributed by atoms with Crippen molar-refractivity contribution in [2.24, 2.45) is 5.73 Å². The van der Waals surface area contributed by atoms with Crippen LogP contribution in [0.25, 0.3) is 5.52 Å². The zero-order chi connectivity index (χ0) is 11.0. The summed E-state index contributed by atoms with van der Waals surface area (Å²) in [5.41, 5.74) is 9.14. The number of nitrogens with two attached hydrogens (primary N) is 1. The third kappa shape index (κ3) is 1.31. The molecule has 0 aromatic carbocycles. The quantitative estimate of drug-likeness (QED) is 0.708. The Morgan fingerprint density at radius 2 is 2.25 bits per heavy atom. The number of rotatable bonds is 2. The largest absolute Gasteiger partial charge is 0.472 e. The highest BCUT2D eigenvalue weighted by Gasteiger charge is 2.14. The van der Waals surface area contributed by atoms with E-state index in [2.05, 4.69) is 5.10 Å². The van der Waals surface area contributed by atoms with Crippen LogP contribution >= 0.6 is 0 Å². The van der Waals surface area contributed by atoms with Gasteiger partial charge in [-0.3, -0.25) is 0 Å². The Labute approximate surface area is 92.3 Å². The molecule has 1 unspecified atom stereocenters. The summed E-state index contributed by atoms with van der Waals surface area (Å²) in [7, 11) is 0. The summed E-state index contributed by atoms with van der Waals surface area (Å²) in [6, 6.07) is 7.59. The van der Waals surface area contributed by atoms with Crippen LogP contribution in [0.15, 0.2) is 53.6 Å². The van der Waals surface area contributed by atoms with Crippen molar-refractivity contribution in [2.75, 3.05) is 0 Å². The third-order valence-corrected chi connectivity index (χ3v) is 2.69. The molecule has 0 spiro atoms. The summed E-state index contributed by atoms with van der Waals surface area (Å²) in [5, 5.41) is 4.26. The molecule has 3 heterocycles. The number of aromatic nitrogens is 2. The van der Waals surface area contributed by atoms with Gasteiger partial charge in [-0.05, 0) is 18.2 Å². The molecule has 0 aliphatic carbocycles. The maximum atomic E-state index is 6.16. The molecule has 0 aliphatic rings. The summed E-state index contributed by atoms with van der Waals surface area (Å²) in [6.45, 7) is 0. The standard InChI is InChI=1S/C12H11N3O/c13-12(9-4-6-16-8-9)10-7-14-15-5-2-1-3-11(10)15/h1-8,12H,13H2. The van der Waals surface area contributed by atoms with Crippen LogP contribution in [0.4, 0.5) is 0 Å². The van der Waals surface area contributed by atoms with Crippen LogP contribution in [0.5, 0.6) is 0 Å². The van der Waals surface area contributed by atoms with E-state index < -0.39 is 0 Å². The van der Waals surface area contributed by atoms with Crippen LogP contribution in [0.3, 0.4) is 0 Å². The Morgan fingerprint density at radius 1 is 1.31 bits per heavy atom. The van der Waals surface area contributed by atoms with Crippen molar-refractivity contribution >= 4 is 5.52 Å². The van der Waals surface area contributed by atoms with Crippen LogP contribution in [-0.4, -0.2) is 9.61 Å². The Morgan fingerprint density at radius 3 is 3.06 bits per heavy atom. The minimum Gasteiger partial charge on any atom is -0.472 e. The molecule has 2 N–H and O–H groups in total. The fourth-order valence-electron chi connectivity index (χ4n) is 1.83. The van der Waals surface area contributed by atoms with Gasteiger partial charge in [0.2, 0.25) is 0 Å². The van der Waals surface area contributed by atoms with Crippen molar-refractivity contribution in [3.8, 4) is 0 Å². The predicted molar refractivity (Wildman–Crippen MR) is 59.9 cm³/mol. The molecule has 0 bridgehead atoms. The normalized spacial score (nSPS) is 13.1. The molecule has 3 aromatic rings. The van der Waals surface area contributed by atoms with E-state index in [9.17, 15) is 0 Å². The highest BCUT2D eigenvalue weighted by atomic mass is 16.3.